The highest BCUT2D eigenvalue weighted by Crippen LogP contribution is 2.34. The number of nitrogens with zero attached hydrogens (tertiary/aromatic N) is 2. The molecule has 1 unspecified atom stereocenters. The molecule has 8 heteroatoms. The maximum absolute atomic E-state index is 13.7. The van der Waals surface area contributed by atoms with Gasteiger partial charge < -0.3 is 24.7 Å². The van der Waals surface area contributed by atoms with Gasteiger partial charge in [-0.3, -0.25) is 4.90 Å². The second-order valence-corrected chi connectivity index (χ2v) is 8.67. The van der Waals surface area contributed by atoms with Gasteiger partial charge in [-0.05, 0) is 75.7 Å². The van der Waals surface area contributed by atoms with E-state index in [0.29, 0.717) is 30.3 Å². The number of amides is 2. The Kier molecular flexibility index (Phi) is 6.74. The Balaban J connectivity index is 1.39. The fourth-order valence-electron chi connectivity index (χ4n) is 4.18. The Labute approximate surface area is 193 Å². The number of likely N-dealkylation sites (tertiary alicyclic amines) is 1. The number of piperidine rings is 1. The number of methoxy groups -OCH3 is 1. The van der Waals surface area contributed by atoms with Crippen LogP contribution >= 0.6 is 0 Å². The van der Waals surface area contributed by atoms with Crippen LogP contribution in [0.25, 0.3) is 10.9 Å². The van der Waals surface area contributed by atoms with E-state index in [4.69, 9.17) is 9.47 Å². The number of carbonyl (C=O) groups excluding carboxylic acids is 1. The second kappa shape index (κ2) is 9.70. The highest BCUT2D eigenvalue weighted by molar-refractivity contribution is 5.90. The topological polar surface area (TPSA) is 69.8 Å². The number of halogens is 1. The number of H-pyrrole nitrogens is 1. The third kappa shape index (κ3) is 5.06. The van der Waals surface area contributed by atoms with Crippen molar-refractivity contribution in [2.75, 3.05) is 39.6 Å². The van der Waals surface area contributed by atoms with E-state index < -0.39 is 0 Å². The molecule has 0 spiro atoms. The number of urea groups is 1. The number of benzene rings is 2. The van der Waals surface area contributed by atoms with Crippen LogP contribution in [0.15, 0.2) is 42.6 Å². The van der Waals surface area contributed by atoms with E-state index in [0.717, 1.165) is 29.3 Å². The lowest BCUT2D eigenvalue weighted by Crippen LogP contribution is -2.40. The summed E-state index contributed by atoms with van der Waals surface area (Å²) in [5.41, 5.74) is 2.71. The van der Waals surface area contributed by atoms with Crippen molar-refractivity contribution < 1.29 is 18.7 Å². The van der Waals surface area contributed by atoms with Crippen LogP contribution in [0.2, 0.25) is 0 Å². The predicted octanol–water partition coefficient (Wildman–Crippen LogP) is 5.01. The lowest BCUT2D eigenvalue weighted by atomic mass is 9.89. The molecule has 0 saturated carbocycles. The molecule has 1 atom stereocenters. The molecule has 2 heterocycles. The zero-order chi connectivity index (χ0) is 23.5. The molecule has 1 aliphatic rings. The van der Waals surface area contributed by atoms with Crippen molar-refractivity contribution in [2.45, 2.75) is 31.9 Å². The Hall–Kier alpha value is -3.26. The number of ether oxygens (including phenoxy) is 2. The van der Waals surface area contributed by atoms with Crippen molar-refractivity contribution in [2.24, 2.45) is 0 Å². The van der Waals surface area contributed by atoms with Gasteiger partial charge in [0, 0.05) is 41.9 Å². The summed E-state index contributed by atoms with van der Waals surface area (Å²) >= 11 is 0. The largest absolute Gasteiger partial charge is 0.493 e. The van der Waals surface area contributed by atoms with Crippen LogP contribution in [0.3, 0.4) is 0 Å². The average Bonchev–Trinajstić information content (AvgIpc) is 3.22. The van der Waals surface area contributed by atoms with Gasteiger partial charge in [0.05, 0.1) is 7.11 Å². The van der Waals surface area contributed by atoms with E-state index in [1.807, 2.05) is 37.0 Å². The Morgan fingerprint density at radius 3 is 2.64 bits per heavy atom. The van der Waals surface area contributed by atoms with E-state index in [1.54, 1.807) is 37.4 Å². The maximum atomic E-state index is 13.7. The molecule has 2 aromatic carbocycles. The van der Waals surface area contributed by atoms with Gasteiger partial charge in [0.15, 0.2) is 11.5 Å². The summed E-state index contributed by atoms with van der Waals surface area (Å²) in [5.74, 6) is 1.24. The molecule has 2 amide bonds. The Morgan fingerprint density at radius 2 is 1.94 bits per heavy atom. The number of carbonyl (C=O) groups is 1. The van der Waals surface area contributed by atoms with E-state index in [-0.39, 0.29) is 24.0 Å². The summed E-state index contributed by atoms with van der Waals surface area (Å²) in [7, 11) is 5.45. The Morgan fingerprint density at radius 1 is 1.18 bits per heavy atom. The van der Waals surface area contributed by atoms with Gasteiger partial charge in [-0.15, -0.1) is 0 Å². The zero-order valence-electron chi connectivity index (χ0n) is 19.5. The van der Waals surface area contributed by atoms with Gasteiger partial charge in [0.2, 0.25) is 0 Å². The van der Waals surface area contributed by atoms with E-state index in [2.05, 4.69) is 10.3 Å². The summed E-state index contributed by atoms with van der Waals surface area (Å²) < 4.78 is 25.1. The molecule has 1 aromatic heterocycles. The number of fused-ring (bicyclic) bond motifs is 1. The third-order valence-corrected chi connectivity index (χ3v) is 6.34. The van der Waals surface area contributed by atoms with E-state index >= 15 is 0 Å². The molecule has 0 aliphatic carbocycles. The Bertz CT molecular complexity index is 1120. The number of rotatable bonds is 6. The van der Waals surface area contributed by atoms with Crippen LogP contribution in [-0.4, -0.2) is 61.3 Å². The van der Waals surface area contributed by atoms with Gasteiger partial charge in [0.25, 0.3) is 0 Å². The molecule has 1 aliphatic heterocycles. The molecule has 176 valence electrons. The number of hydrogen-bond acceptors (Lipinski definition) is 4. The molecule has 3 aromatic rings. The van der Waals surface area contributed by atoms with Crippen molar-refractivity contribution in [3.8, 4) is 11.5 Å². The minimum absolute atomic E-state index is 0.143. The molecule has 1 fully saturated rings. The molecule has 0 radical (unpaired) electrons. The number of hydrogen-bond donors (Lipinski definition) is 2. The summed E-state index contributed by atoms with van der Waals surface area (Å²) in [6.45, 7) is 3.21. The van der Waals surface area contributed by atoms with Crippen LogP contribution in [-0.2, 0) is 0 Å². The molecule has 1 saturated heterocycles. The minimum Gasteiger partial charge on any atom is -0.493 e. The van der Waals surface area contributed by atoms with Crippen molar-refractivity contribution in [3.63, 3.8) is 0 Å². The average molecular weight is 455 g/mol. The van der Waals surface area contributed by atoms with E-state index in [1.165, 1.54) is 6.07 Å². The van der Waals surface area contributed by atoms with Crippen LogP contribution in [0.1, 0.15) is 31.2 Å². The fraction of sp³-hybridized carbons (Fsp3) is 0.400. The first-order chi connectivity index (χ1) is 15.9. The molecule has 4 rings (SSSR count). The molecule has 2 N–H and O–H groups in total. The summed E-state index contributed by atoms with van der Waals surface area (Å²) in [6, 6.07) is 10.0. The summed E-state index contributed by atoms with van der Waals surface area (Å²) in [4.78, 5) is 19.9. The first-order valence-corrected chi connectivity index (χ1v) is 11.2. The van der Waals surface area contributed by atoms with Gasteiger partial charge in [0.1, 0.15) is 12.0 Å². The minimum atomic E-state index is -0.233. The standard InChI is InChI=1S/C25H31FN4O3/c1-16(29(2)3)33-24-14-19(6-8-23(24)32-4)28-25(31)30-11-9-17(10-12-30)21-15-27-22-7-5-18(26)13-20(21)22/h5-8,13-17,27H,9-12H2,1-4H3,(H,28,31). The van der Waals surface area contributed by atoms with Crippen molar-refractivity contribution in [3.05, 3.63) is 54.0 Å². The highest BCUT2D eigenvalue weighted by Gasteiger charge is 2.26. The predicted molar refractivity (Wildman–Crippen MR) is 128 cm³/mol. The zero-order valence-corrected chi connectivity index (χ0v) is 19.5. The number of aromatic amines is 1. The first kappa shape index (κ1) is 22.9. The van der Waals surface area contributed by atoms with Gasteiger partial charge in [-0.2, -0.15) is 0 Å². The monoisotopic (exact) mass is 454 g/mol. The third-order valence-electron chi connectivity index (χ3n) is 6.34. The van der Waals surface area contributed by atoms with Crippen molar-refractivity contribution >= 4 is 22.6 Å². The molecule has 7 nitrogen and oxygen atoms in total. The van der Waals surface area contributed by atoms with Crippen LogP contribution in [0.5, 0.6) is 11.5 Å². The molecule has 33 heavy (non-hydrogen) atoms. The molecular weight excluding hydrogens is 423 g/mol. The normalized spacial score (nSPS) is 15.6. The molecule has 0 bridgehead atoms. The van der Waals surface area contributed by atoms with Crippen LogP contribution in [0, 0.1) is 5.82 Å². The number of aromatic nitrogens is 1. The summed E-state index contributed by atoms with van der Waals surface area (Å²) in [5, 5.41) is 3.90. The number of anilines is 1. The van der Waals surface area contributed by atoms with Gasteiger partial charge in [-0.25, -0.2) is 9.18 Å². The van der Waals surface area contributed by atoms with Crippen LogP contribution < -0.4 is 14.8 Å². The quantitative estimate of drug-likeness (QED) is 0.514. The maximum Gasteiger partial charge on any atom is 0.321 e. The van der Waals surface area contributed by atoms with Crippen molar-refractivity contribution in [1.29, 1.82) is 0 Å². The first-order valence-electron chi connectivity index (χ1n) is 11.2. The molecular formula is C25H31FN4O3. The van der Waals surface area contributed by atoms with Gasteiger partial charge in [-0.1, -0.05) is 0 Å². The lowest BCUT2D eigenvalue weighted by Gasteiger charge is -2.32. The highest BCUT2D eigenvalue weighted by atomic mass is 19.1. The lowest BCUT2D eigenvalue weighted by molar-refractivity contribution is 0.0785. The van der Waals surface area contributed by atoms with Crippen LogP contribution in [0.4, 0.5) is 14.9 Å². The second-order valence-electron chi connectivity index (χ2n) is 8.67. The fourth-order valence-corrected chi connectivity index (χ4v) is 4.18. The van der Waals surface area contributed by atoms with E-state index in [9.17, 15) is 9.18 Å². The SMILES string of the molecule is COc1ccc(NC(=O)N2CCC(c3c[nH]c4ccc(F)cc34)CC2)cc1OC(C)N(C)C. The van der Waals surface area contributed by atoms with Gasteiger partial charge >= 0.3 is 6.03 Å². The smallest absolute Gasteiger partial charge is 0.321 e. The van der Waals surface area contributed by atoms with Crippen molar-refractivity contribution in [1.82, 2.24) is 14.8 Å². The summed E-state index contributed by atoms with van der Waals surface area (Å²) in [6.07, 6.45) is 3.47. The number of nitrogens with one attached hydrogen (secondary N) is 2.